The maximum atomic E-state index is 13.1. The van der Waals surface area contributed by atoms with E-state index < -0.39 is 31.2 Å². The van der Waals surface area contributed by atoms with Gasteiger partial charge in [0.25, 0.3) is 0 Å². The van der Waals surface area contributed by atoms with Gasteiger partial charge in [0, 0.05) is 18.0 Å². The van der Waals surface area contributed by atoms with Crippen molar-refractivity contribution < 1.29 is 19.7 Å². The van der Waals surface area contributed by atoms with Crippen LogP contribution in [0.2, 0.25) is 0 Å². The molecule has 0 aromatic carbocycles. The summed E-state index contributed by atoms with van der Waals surface area (Å²) in [7, 11) is 0. The standard InChI is InChI=1S/C10H13FN2O3/c11-9-4-12-2-1-8(9)3-13-10(5-14,6-15)7-16/h1-4,14-16H,5-7H2. The van der Waals surface area contributed by atoms with Gasteiger partial charge in [-0.25, -0.2) is 4.39 Å². The fourth-order valence-electron chi connectivity index (χ4n) is 0.970. The summed E-state index contributed by atoms with van der Waals surface area (Å²) < 4.78 is 13.1. The van der Waals surface area contributed by atoms with Crippen LogP contribution in [0, 0.1) is 5.82 Å². The van der Waals surface area contributed by atoms with E-state index >= 15 is 0 Å². The molecule has 0 aliphatic heterocycles. The molecule has 0 atom stereocenters. The minimum Gasteiger partial charge on any atom is -0.394 e. The number of aromatic nitrogens is 1. The molecule has 0 saturated heterocycles. The molecule has 0 amide bonds. The number of halogens is 1. The first-order valence-corrected chi connectivity index (χ1v) is 4.65. The largest absolute Gasteiger partial charge is 0.394 e. The molecular formula is C10H13FN2O3. The average molecular weight is 228 g/mol. The zero-order valence-electron chi connectivity index (χ0n) is 8.54. The molecule has 6 heteroatoms. The van der Waals surface area contributed by atoms with Crippen LogP contribution < -0.4 is 0 Å². The summed E-state index contributed by atoms with van der Waals surface area (Å²) in [5.74, 6) is -0.561. The molecule has 0 saturated carbocycles. The molecule has 1 aromatic heterocycles. The third-order valence-corrected chi connectivity index (χ3v) is 2.16. The van der Waals surface area contributed by atoms with Crippen molar-refractivity contribution in [2.75, 3.05) is 19.8 Å². The quantitative estimate of drug-likeness (QED) is 0.585. The minimum absolute atomic E-state index is 0.176. The van der Waals surface area contributed by atoms with Gasteiger partial charge >= 0.3 is 0 Å². The van der Waals surface area contributed by atoms with Crippen molar-refractivity contribution >= 4 is 6.21 Å². The van der Waals surface area contributed by atoms with Crippen molar-refractivity contribution in [3.05, 3.63) is 29.8 Å². The molecule has 0 aliphatic carbocycles. The Labute approximate surface area is 91.9 Å². The lowest BCUT2D eigenvalue weighted by atomic mass is 10.1. The second kappa shape index (κ2) is 5.64. The first kappa shape index (κ1) is 12.7. The molecule has 88 valence electrons. The highest BCUT2D eigenvalue weighted by atomic mass is 19.1. The van der Waals surface area contributed by atoms with Crippen LogP contribution in [0.5, 0.6) is 0 Å². The number of hydrogen-bond acceptors (Lipinski definition) is 5. The highest BCUT2D eigenvalue weighted by molar-refractivity contribution is 5.80. The molecule has 1 heterocycles. The van der Waals surface area contributed by atoms with E-state index in [1.54, 1.807) is 0 Å². The second-order valence-corrected chi connectivity index (χ2v) is 3.35. The Morgan fingerprint density at radius 1 is 1.31 bits per heavy atom. The van der Waals surface area contributed by atoms with Gasteiger partial charge in [0.1, 0.15) is 11.4 Å². The van der Waals surface area contributed by atoms with E-state index in [0.29, 0.717) is 0 Å². The Morgan fingerprint density at radius 3 is 2.44 bits per heavy atom. The summed E-state index contributed by atoms with van der Waals surface area (Å²) >= 11 is 0. The Bertz CT molecular complexity index is 359. The van der Waals surface area contributed by atoms with Gasteiger partial charge in [0.05, 0.1) is 26.0 Å². The second-order valence-electron chi connectivity index (χ2n) is 3.35. The summed E-state index contributed by atoms with van der Waals surface area (Å²) in [6, 6.07) is 1.40. The van der Waals surface area contributed by atoms with Crippen molar-refractivity contribution in [3.63, 3.8) is 0 Å². The topological polar surface area (TPSA) is 85.9 Å². The van der Waals surface area contributed by atoms with E-state index in [0.717, 1.165) is 12.4 Å². The van der Waals surface area contributed by atoms with Gasteiger partial charge in [-0.05, 0) is 6.07 Å². The fourth-order valence-corrected chi connectivity index (χ4v) is 0.970. The smallest absolute Gasteiger partial charge is 0.150 e. The Morgan fingerprint density at radius 2 is 1.94 bits per heavy atom. The van der Waals surface area contributed by atoms with Crippen LogP contribution in [0.25, 0.3) is 0 Å². The van der Waals surface area contributed by atoms with Crippen molar-refractivity contribution in [2.45, 2.75) is 5.54 Å². The molecule has 1 aromatic rings. The Hall–Kier alpha value is -1.37. The molecule has 0 radical (unpaired) electrons. The highest BCUT2D eigenvalue weighted by Gasteiger charge is 2.26. The minimum atomic E-state index is -1.38. The molecule has 1 rings (SSSR count). The third kappa shape index (κ3) is 2.82. The van der Waals surface area contributed by atoms with Gasteiger partial charge in [-0.1, -0.05) is 0 Å². The van der Waals surface area contributed by atoms with Gasteiger partial charge in [-0.2, -0.15) is 0 Å². The van der Waals surface area contributed by atoms with Crippen LogP contribution in [-0.4, -0.2) is 51.9 Å². The monoisotopic (exact) mass is 228 g/mol. The van der Waals surface area contributed by atoms with Crippen LogP contribution in [0.3, 0.4) is 0 Å². The summed E-state index contributed by atoms with van der Waals surface area (Å²) in [4.78, 5) is 7.36. The van der Waals surface area contributed by atoms with Crippen molar-refractivity contribution in [1.82, 2.24) is 4.98 Å². The molecule has 5 nitrogen and oxygen atoms in total. The van der Waals surface area contributed by atoms with E-state index in [9.17, 15) is 4.39 Å². The number of pyridine rings is 1. The highest BCUT2D eigenvalue weighted by Crippen LogP contribution is 2.09. The lowest BCUT2D eigenvalue weighted by molar-refractivity contribution is 0.0718. The fraction of sp³-hybridized carbons (Fsp3) is 0.400. The summed E-state index contributed by atoms with van der Waals surface area (Å²) in [5, 5.41) is 27.0. The summed E-state index contributed by atoms with van der Waals surface area (Å²) in [6.45, 7) is -1.57. The number of aliphatic hydroxyl groups excluding tert-OH is 3. The predicted molar refractivity (Wildman–Crippen MR) is 55.8 cm³/mol. The number of nitrogens with zero attached hydrogens (tertiary/aromatic N) is 2. The number of aliphatic hydroxyl groups is 3. The SMILES string of the molecule is OCC(CO)(CO)N=Cc1ccncc1F. The lowest BCUT2D eigenvalue weighted by Gasteiger charge is -2.21. The average Bonchev–Trinajstić information content (AvgIpc) is 2.34. The normalized spacial score (nSPS) is 12.2. The van der Waals surface area contributed by atoms with Crippen LogP contribution in [-0.2, 0) is 0 Å². The van der Waals surface area contributed by atoms with E-state index in [1.165, 1.54) is 12.3 Å². The molecule has 0 bridgehead atoms. The van der Waals surface area contributed by atoms with Crippen LogP contribution >= 0.6 is 0 Å². The third-order valence-electron chi connectivity index (χ3n) is 2.16. The molecule has 0 unspecified atom stereocenters. The molecule has 0 fully saturated rings. The number of hydrogen-bond donors (Lipinski definition) is 3. The predicted octanol–water partition coefficient (Wildman–Crippen LogP) is -0.645. The van der Waals surface area contributed by atoms with Gasteiger partial charge in [-0.3, -0.25) is 9.98 Å². The van der Waals surface area contributed by atoms with Gasteiger partial charge in [0.15, 0.2) is 0 Å². The molecule has 0 aliphatic rings. The molecular weight excluding hydrogens is 215 g/mol. The molecule has 3 N–H and O–H groups in total. The summed E-state index contributed by atoms with van der Waals surface area (Å²) in [5.41, 5.74) is -1.20. The van der Waals surface area contributed by atoms with E-state index in [2.05, 4.69) is 9.98 Å². The van der Waals surface area contributed by atoms with E-state index in [-0.39, 0.29) is 5.56 Å². The Balaban J connectivity index is 2.91. The van der Waals surface area contributed by atoms with Gasteiger partial charge in [0.2, 0.25) is 0 Å². The van der Waals surface area contributed by atoms with Gasteiger partial charge in [-0.15, -0.1) is 0 Å². The first-order valence-electron chi connectivity index (χ1n) is 4.65. The maximum absolute atomic E-state index is 13.1. The van der Waals surface area contributed by atoms with Crippen LogP contribution in [0.15, 0.2) is 23.5 Å². The number of aliphatic imine (C=N–C) groups is 1. The molecule has 16 heavy (non-hydrogen) atoms. The van der Waals surface area contributed by atoms with Crippen molar-refractivity contribution in [2.24, 2.45) is 4.99 Å². The van der Waals surface area contributed by atoms with Crippen LogP contribution in [0.1, 0.15) is 5.56 Å². The summed E-state index contributed by atoms with van der Waals surface area (Å²) in [6.07, 6.45) is 3.57. The van der Waals surface area contributed by atoms with E-state index in [4.69, 9.17) is 15.3 Å². The van der Waals surface area contributed by atoms with Crippen LogP contribution in [0.4, 0.5) is 4.39 Å². The van der Waals surface area contributed by atoms with Gasteiger partial charge < -0.3 is 15.3 Å². The van der Waals surface area contributed by atoms with Crippen molar-refractivity contribution in [1.29, 1.82) is 0 Å². The maximum Gasteiger partial charge on any atom is 0.150 e. The zero-order chi connectivity index (χ0) is 12.0. The lowest BCUT2D eigenvalue weighted by Crippen LogP contribution is -2.39. The van der Waals surface area contributed by atoms with Crippen molar-refractivity contribution in [3.8, 4) is 0 Å². The first-order chi connectivity index (χ1) is 7.67. The Kier molecular flexibility index (Phi) is 4.48. The van der Waals surface area contributed by atoms with E-state index in [1.807, 2.05) is 0 Å². The zero-order valence-corrected chi connectivity index (χ0v) is 8.54. The molecule has 0 spiro atoms. The number of rotatable bonds is 5.